The van der Waals surface area contributed by atoms with Crippen LogP contribution in [0.25, 0.3) is 0 Å². The second kappa shape index (κ2) is 4.75. The number of hydrogen-bond donors (Lipinski definition) is 1. The molecule has 0 amide bonds. The van der Waals surface area contributed by atoms with Crippen molar-refractivity contribution in [1.29, 1.82) is 0 Å². The molecule has 1 aromatic heterocycles. The molecule has 2 rings (SSSR count). The molecule has 1 atom stereocenters. The van der Waals surface area contributed by atoms with Crippen LogP contribution >= 0.6 is 15.9 Å². The number of anilines is 1. The lowest BCUT2D eigenvalue weighted by molar-refractivity contribution is 0.0875. The van der Waals surface area contributed by atoms with Gasteiger partial charge in [-0.3, -0.25) is 0 Å². The Morgan fingerprint density at radius 3 is 3.21 bits per heavy atom. The van der Waals surface area contributed by atoms with Gasteiger partial charge in [-0.15, -0.1) is 0 Å². The van der Waals surface area contributed by atoms with E-state index in [-0.39, 0.29) is 0 Å². The van der Waals surface area contributed by atoms with E-state index in [1.54, 1.807) is 6.20 Å². The molecule has 0 spiro atoms. The van der Waals surface area contributed by atoms with Crippen LogP contribution in [0, 0.1) is 0 Å². The third-order valence-corrected chi connectivity index (χ3v) is 2.90. The average molecular weight is 257 g/mol. The van der Waals surface area contributed by atoms with E-state index >= 15 is 0 Å². The molecule has 1 saturated heterocycles. The zero-order valence-corrected chi connectivity index (χ0v) is 9.46. The van der Waals surface area contributed by atoms with Crippen LogP contribution in [-0.4, -0.2) is 24.2 Å². The lowest BCUT2D eigenvalue weighted by Gasteiger charge is -2.23. The number of hydrogen-bond acceptors (Lipinski definition) is 3. The number of nitrogens with one attached hydrogen (secondary N) is 1. The van der Waals surface area contributed by atoms with Crippen molar-refractivity contribution in [2.24, 2.45) is 0 Å². The van der Waals surface area contributed by atoms with Crippen LogP contribution in [0.5, 0.6) is 0 Å². The van der Waals surface area contributed by atoms with Crippen molar-refractivity contribution in [2.75, 3.05) is 18.5 Å². The third-order valence-electron chi connectivity index (χ3n) is 2.26. The second-order valence-electron chi connectivity index (χ2n) is 3.39. The third kappa shape index (κ3) is 2.45. The van der Waals surface area contributed by atoms with Gasteiger partial charge >= 0.3 is 0 Å². The van der Waals surface area contributed by atoms with Crippen LogP contribution in [0.2, 0.25) is 0 Å². The quantitative estimate of drug-likeness (QED) is 0.883. The molecule has 1 N–H and O–H groups in total. The monoisotopic (exact) mass is 256 g/mol. The molecule has 0 aliphatic carbocycles. The zero-order chi connectivity index (χ0) is 9.80. The number of rotatable bonds is 2. The smallest absolute Gasteiger partial charge is 0.140 e. The van der Waals surface area contributed by atoms with Crippen molar-refractivity contribution >= 4 is 21.7 Å². The molecule has 2 heterocycles. The maximum Gasteiger partial charge on any atom is 0.140 e. The molecule has 0 bridgehead atoms. The minimum Gasteiger partial charge on any atom is -0.379 e. The van der Waals surface area contributed by atoms with E-state index in [1.165, 1.54) is 0 Å². The van der Waals surface area contributed by atoms with Crippen LogP contribution in [0.15, 0.2) is 22.8 Å². The van der Waals surface area contributed by atoms with Crippen LogP contribution in [0.4, 0.5) is 5.82 Å². The standard InChI is InChI=1S/C10H13BrN2O/c11-9-4-1-5-12-10(9)13-8-3-2-6-14-7-8/h1,4-5,8H,2-3,6-7H2,(H,12,13). The van der Waals surface area contributed by atoms with Crippen molar-refractivity contribution in [2.45, 2.75) is 18.9 Å². The van der Waals surface area contributed by atoms with E-state index in [1.807, 2.05) is 12.1 Å². The van der Waals surface area contributed by atoms with E-state index in [2.05, 4.69) is 26.2 Å². The predicted octanol–water partition coefficient (Wildman–Crippen LogP) is 2.44. The van der Waals surface area contributed by atoms with Crippen molar-refractivity contribution in [3.63, 3.8) is 0 Å². The summed E-state index contributed by atoms with van der Waals surface area (Å²) in [7, 11) is 0. The van der Waals surface area contributed by atoms with Crippen LogP contribution in [0.3, 0.4) is 0 Å². The summed E-state index contributed by atoms with van der Waals surface area (Å²) < 4.78 is 6.39. The molecule has 3 nitrogen and oxygen atoms in total. The van der Waals surface area contributed by atoms with Crippen molar-refractivity contribution < 1.29 is 4.74 Å². The minimum absolute atomic E-state index is 0.398. The molecule has 1 aliphatic heterocycles. The number of aromatic nitrogens is 1. The number of halogens is 1. The van der Waals surface area contributed by atoms with E-state index in [0.717, 1.165) is 36.3 Å². The van der Waals surface area contributed by atoms with Gasteiger partial charge < -0.3 is 10.1 Å². The van der Waals surface area contributed by atoms with Gasteiger partial charge in [-0.25, -0.2) is 4.98 Å². The van der Waals surface area contributed by atoms with Gasteiger partial charge in [-0.05, 0) is 40.9 Å². The highest BCUT2D eigenvalue weighted by Crippen LogP contribution is 2.20. The van der Waals surface area contributed by atoms with E-state index in [9.17, 15) is 0 Å². The fraction of sp³-hybridized carbons (Fsp3) is 0.500. The van der Waals surface area contributed by atoms with Crippen LogP contribution < -0.4 is 5.32 Å². The fourth-order valence-electron chi connectivity index (χ4n) is 1.54. The minimum atomic E-state index is 0.398. The van der Waals surface area contributed by atoms with Crippen molar-refractivity contribution in [1.82, 2.24) is 4.98 Å². The predicted molar refractivity (Wildman–Crippen MR) is 59.4 cm³/mol. The summed E-state index contributed by atoms with van der Waals surface area (Å²) in [6.07, 6.45) is 4.07. The van der Waals surface area contributed by atoms with E-state index < -0.39 is 0 Å². The Labute approximate surface area is 92.0 Å². The highest BCUT2D eigenvalue weighted by atomic mass is 79.9. The topological polar surface area (TPSA) is 34.2 Å². The van der Waals surface area contributed by atoms with Crippen molar-refractivity contribution in [3.05, 3.63) is 22.8 Å². The fourth-order valence-corrected chi connectivity index (χ4v) is 1.91. The summed E-state index contributed by atoms with van der Waals surface area (Å²) in [5.41, 5.74) is 0. The van der Waals surface area contributed by atoms with Gasteiger partial charge in [0.2, 0.25) is 0 Å². The van der Waals surface area contributed by atoms with Crippen LogP contribution in [0.1, 0.15) is 12.8 Å². The van der Waals surface area contributed by atoms with Crippen molar-refractivity contribution in [3.8, 4) is 0 Å². The highest BCUT2D eigenvalue weighted by molar-refractivity contribution is 9.10. The van der Waals surface area contributed by atoms with E-state index in [4.69, 9.17) is 4.74 Å². The van der Waals surface area contributed by atoms with Crippen LogP contribution in [-0.2, 0) is 4.74 Å². The van der Waals surface area contributed by atoms with Gasteiger partial charge in [0.15, 0.2) is 0 Å². The summed E-state index contributed by atoms with van der Waals surface area (Å²) in [6, 6.07) is 4.29. The van der Waals surface area contributed by atoms with Gasteiger partial charge in [0.05, 0.1) is 17.1 Å². The first-order valence-corrected chi connectivity index (χ1v) is 5.60. The maximum absolute atomic E-state index is 5.39. The average Bonchev–Trinajstić information content (AvgIpc) is 2.23. The number of ether oxygens (including phenoxy) is 1. The molecule has 0 aromatic carbocycles. The Hall–Kier alpha value is -0.610. The Morgan fingerprint density at radius 1 is 1.57 bits per heavy atom. The van der Waals surface area contributed by atoms with Gasteiger partial charge in [0.25, 0.3) is 0 Å². The number of nitrogens with zero attached hydrogens (tertiary/aromatic N) is 1. The van der Waals surface area contributed by atoms with Gasteiger partial charge in [0, 0.05) is 12.8 Å². The number of pyridine rings is 1. The lowest BCUT2D eigenvalue weighted by Crippen LogP contribution is -2.30. The Bertz CT molecular complexity index is 300. The normalized spacial score (nSPS) is 21.9. The molecule has 1 aliphatic rings. The summed E-state index contributed by atoms with van der Waals surface area (Å²) >= 11 is 3.46. The Balaban J connectivity index is 1.99. The second-order valence-corrected chi connectivity index (χ2v) is 4.25. The van der Waals surface area contributed by atoms with E-state index in [0.29, 0.717) is 6.04 Å². The lowest BCUT2D eigenvalue weighted by atomic mass is 10.1. The molecule has 1 aromatic rings. The first kappa shape index (κ1) is 9.93. The molecule has 1 fully saturated rings. The first-order valence-electron chi connectivity index (χ1n) is 4.81. The molecular formula is C10H13BrN2O. The first-order chi connectivity index (χ1) is 6.86. The largest absolute Gasteiger partial charge is 0.379 e. The SMILES string of the molecule is Brc1cccnc1NC1CCCOC1. The molecule has 0 radical (unpaired) electrons. The Kier molecular flexibility index (Phi) is 3.37. The Morgan fingerprint density at radius 2 is 2.50 bits per heavy atom. The summed E-state index contributed by atoms with van der Waals surface area (Å²) in [4.78, 5) is 4.26. The molecular weight excluding hydrogens is 244 g/mol. The molecule has 0 saturated carbocycles. The maximum atomic E-state index is 5.39. The molecule has 4 heteroatoms. The zero-order valence-electron chi connectivity index (χ0n) is 7.87. The summed E-state index contributed by atoms with van der Waals surface area (Å²) in [5.74, 6) is 0.906. The molecule has 1 unspecified atom stereocenters. The van der Waals surface area contributed by atoms with Gasteiger partial charge in [0.1, 0.15) is 5.82 Å². The van der Waals surface area contributed by atoms with Gasteiger partial charge in [-0.1, -0.05) is 0 Å². The molecule has 76 valence electrons. The van der Waals surface area contributed by atoms with Gasteiger partial charge in [-0.2, -0.15) is 0 Å². The summed E-state index contributed by atoms with van der Waals surface area (Å²) in [5, 5.41) is 3.37. The highest BCUT2D eigenvalue weighted by Gasteiger charge is 2.14. The summed E-state index contributed by atoms with van der Waals surface area (Å²) in [6.45, 7) is 1.67. The molecule has 14 heavy (non-hydrogen) atoms.